The molecule has 0 aliphatic carbocycles. The Bertz CT molecular complexity index is 61.5. The summed E-state index contributed by atoms with van der Waals surface area (Å²) in [5.41, 5.74) is 0.370. The standard InChI is InChI=1S/C8H17O/c1-5-9-7-6-8(2,3)4/h7H,5-6H2,1-4H3. The average Bonchev–Trinajstić information content (AvgIpc) is 1.63. The minimum absolute atomic E-state index is 0.370. The fourth-order valence-electron chi connectivity index (χ4n) is 0.427. The zero-order chi connectivity index (χ0) is 7.33. The first kappa shape index (κ1) is 8.96. The van der Waals surface area contributed by atoms with E-state index in [0.717, 1.165) is 13.0 Å². The molecule has 0 bridgehead atoms. The summed E-state index contributed by atoms with van der Waals surface area (Å²) in [4.78, 5) is 0. The van der Waals surface area contributed by atoms with E-state index in [2.05, 4.69) is 20.8 Å². The molecule has 0 aromatic heterocycles. The monoisotopic (exact) mass is 129 g/mol. The third-order valence-corrected chi connectivity index (χ3v) is 0.980. The number of rotatable bonds is 3. The minimum Gasteiger partial charge on any atom is -0.376 e. The zero-order valence-electron chi connectivity index (χ0n) is 6.90. The molecule has 0 aliphatic rings. The van der Waals surface area contributed by atoms with Gasteiger partial charge in [0.2, 0.25) is 0 Å². The first-order valence-electron chi connectivity index (χ1n) is 3.49. The molecule has 1 nitrogen and oxygen atoms in total. The lowest BCUT2D eigenvalue weighted by molar-refractivity contribution is 0.181. The molecule has 0 saturated heterocycles. The summed E-state index contributed by atoms with van der Waals surface area (Å²) in [6.07, 6.45) is 1.03. The Labute approximate surface area is 58.4 Å². The van der Waals surface area contributed by atoms with Crippen molar-refractivity contribution >= 4 is 0 Å². The first-order valence-corrected chi connectivity index (χ1v) is 3.49. The van der Waals surface area contributed by atoms with Gasteiger partial charge in [-0.2, -0.15) is 0 Å². The van der Waals surface area contributed by atoms with E-state index >= 15 is 0 Å². The van der Waals surface area contributed by atoms with Gasteiger partial charge >= 0.3 is 0 Å². The van der Waals surface area contributed by atoms with Crippen molar-refractivity contribution in [2.75, 3.05) is 6.61 Å². The van der Waals surface area contributed by atoms with Crippen LogP contribution in [0.1, 0.15) is 34.1 Å². The maximum atomic E-state index is 5.08. The molecule has 0 aliphatic heterocycles. The van der Waals surface area contributed by atoms with Crippen molar-refractivity contribution in [1.82, 2.24) is 0 Å². The van der Waals surface area contributed by atoms with E-state index in [1.807, 2.05) is 13.5 Å². The molecule has 0 amide bonds. The summed E-state index contributed by atoms with van der Waals surface area (Å²) in [6, 6.07) is 0. The second kappa shape index (κ2) is 3.89. The van der Waals surface area contributed by atoms with Gasteiger partial charge in [0.05, 0.1) is 6.61 Å². The fraction of sp³-hybridized carbons (Fsp3) is 0.875. The van der Waals surface area contributed by atoms with Crippen molar-refractivity contribution in [1.29, 1.82) is 0 Å². The van der Waals surface area contributed by atoms with Crippen molar-refractivity contribution in [2.45, 2.75) is 34.1 Å². The quantitative estimate of drug-likeness (QED) is 0.532. The molecule has 1 heteroatoms. The zero-order valence-corrected chi connectivity index (χ0v) is 6.90. The van der Waals surface area contributed by atoms with Crippen LogP contribution in [0, 0.1) is 12.0 Å². The highest BCUT2D eigenvalue weighted by molar-refractivity contribution is 4.66. The third-order valence-electron chi connectivity index (χ3n) is 0.980. The Kier molecular flexibility index (Phi) is 3.87. The fourth-order valence-corrected chi connectivity index (χ4v) is 0.427. The normalized spacial score (nSPS) is 12.0. The van der Waals surface area contributed by atoms with Crippen LogP contribution >= 0.6 is 0 Å². The van der Waals surface area contributed by atoms with Crippen LogP contribution in [0.5, 0.6) is 0 Å². The van der Waals surface area contributed by atoms with Gasteiger partial charge in [0, 0.05) is 6.61 Å². The maximum absolute atomic E-state index is 5.08. The molecule has 0 atom stereocenters. The minimum atomic E-state index is 0.370. The summed E-state index contributed by atoms with van der Waals surface area (Å²) in [5.74, 6) is 0. The highest BCUT2D eigenvalue weighted by atomic mass is 16.5. The summed E-state index contributed by atoms with van der Waals surface area (Å²) in [6.45, 7) is 11.3. The van der Waals surface area contributed by atoms with Crippen LogP contribution in [0.25, 0.3) is 0 Å². The van der Waals surface area contributed by atoms with Gasteiger partial charge in [-0.15, -0.1) is 0 Å². The van der Waals surface area contributed by atoms with Crippen molar-refractivity contribution in [2.24, 2.45) is 5.41 Å². The smallest absolute Gasteiger partial charge is 0.0841 e. The van der Waals surface area contributed by atoms with Crippen molar-refractivity contribution in [3.63, 3.8) is 0 Å². The lowest BCUT2D eigenvalue weighted by atomic mass is 9.93. The topological polar surface area (TPSA) is 9.23 Å². The molecule has 0 spiro atoms. The van der Waals surface area contributed by atoms with Gasteiger partial charge in [-0.05, 0) is 18.8 Å². The lowest BCUT2D eigenvalue weighted by Crippen LogP contribution is -2.05. The lowest BCUT2D eigenvalue weighted by Gasteiger charge is -2.16. The van der Waals surface area contributed by atoms with Crippen molar-refractivity contribution in [3.8, 4) is 0 Å². The van der Waals surface area contributed by atoms with Crippen LogP contribution in [0.3, 0.4) is 0 Å². The summed E-state index contributed by atoms with van der Waals surface area (Å²) in [5, 5.41) is 0. The molecular weight excluding hydrogens is 112 g/mol. The van der Waals surface area contributed by atoms with Gasteiger partial charge in [-0.25, -0.2) is 0 Å². The van der Waals surface area contributed by atoms with Crippen LogP contribution in [-0.4, -0.2) is 6.61 Å². The predicted molar refractivity (Wildman–Crippen MR) is 40.0 cm³/mol. The maximum Gasteiger partial charge on any atom is 0.0841 e. The molecular formula is C8H17O. The highest BCUT2D eigenvalue weighted by Gasteiger charge is 2.08. The molecule has 0 fully saturated rings. The Balaban J connectivity index is 3.07. The van der Waals surface area contributed by atoms with Gasteiger partial charge in [0.15, 0.2) is 0 Å². The van der Waals surface area contributed by atoms with E-state index in [1.54, 1.807) is 0 Å². The summed E-state index contributed by atoms with van der Waals surface area (Å²) >= 11 is 0. The van der Waals surface area contributed by atoms with E-state index in [4.69, 9.17) is 4.74 Å². The molecule has 0 saturated carbocycles. The van der Waals surface area contributed by atoms with E-state index in [1.165, 1.54) is 0 Å². The highest BCUT2D eigenvalue weighted by Crippen LogP contribution is 2.19. The van der Waals surface area contributed by atoms with Gasteiger partial charge in [-0.1, -0.05) is 20.8 Å². The molecule has 1 radical (unpaired) electrons. The van der Waals surface area contributed by atoms with Crippen LogP contribution in [-0.2, 0) is 4.74 Å². The van der Waals surface area contributed by atoms with Crippen molar-refractivity contribution in [3.05, 3.63) is 6.61 Å². The second-order valence-corrected chi connectivity index (χ2v) is 3.39. The number of hydrogen-bond acceptors (Lipinski definition) is 1. The molecule has 0 aromatic carbocycles. The Hall–Kier alpha value is -0.0400. The Morgan fingerprint density at radius 1 is 1.33 bits per heavy atom. The molecule has 0 aromatic rings. The van der Waals surface area contributed by atoms with Crippen molar-refractivity contribution < 1.29 is 4.74 Å². The largest absolute Gasteiger partial charge is 0.376 e. The first-order chi connectivity index (χ1) is 4.06. The molecule has 0 heterocycles. The molecule has 0 unspecified atom stereocenters. The van der Waals surface area contributed by atoms with Gasteiger partial charge < -0.3 is 4.74 Å². The average molecular weight is 129 g/mol. The molecule has 0 N–H and O–H groups in total. The molecule has 55 valence electrons. The Morgan fingerprint density at radius 2 is 1.89 bits per heavy atom. The van der Waals surface area contributed by atoms with E-state index in [9.17, 15) is 0 Å². The SMILES string of the molecule is CCO[CH]CC(C)(C)C. The summed E-state index contributed by atoms with van der Waals surface area (Å²) < 4.78 is 5.08. The van der Waals surface area contributed by atoms with Gasteiger partial charge in [-0.3, -0.25) is 0 Å². The van der Waals surface area contributed by atoms with E-state index in [-0.39, 0.29) is 0 Å². The second-order valence-electron chi connectivity index (χ2n) is 3.39. The number of hydrogen-bond donors (Lipinski definition) is 0. The van der Waals surface area contributed by atoms with Crippen LogP contribution in [0.2, 0.25) is 0 Å². The molecule has 0 rings (SSSR count). The van der Waals surface area contributed by atoms with Gasteiger partial charge in [0.25, 0.3) is 0 Å². The van der Waals surface area contributed by atoms with E-state index in [0.29, 0.717) is 5.41 Å². The van der Waals surface area contributed by atoms with Crippen LogP contribution in [0.15, 0.2) is 0 Å². The molecule has 9 heavy (non-hydrogen) atoms. The van der Waals surface area contributed by atoms with Gasteiger partial charge in [0.1, 0.15) is 0 Å². The van der Waals surface area contributed by atoms with Crippen LogP contribution in [0.4, 0.5) is 0 Å². The number of ether oxygens (including phenoxy) is 1. The van der Waals surface area contributed by atoms with E-state index < -0.39 is 0 Å². The predicted octanol–water partition coefficient (Wildman–Crippen LogP) is 2.62. The van der Waals surface area contributed by atoms with Crippen LogP contribution < -0.4 is 0 Å². The summed E-state index contributed by atoms with van der Waals surface area (Å²) in [7, 11) is 0. The third kappa shape index (κ3) is 7.96. The Morgan fingerprint density at radius 3 is 2.22 bits per heavy atom.